The Kier molecular flexibility index (Phi) is 5.16. The molecule has 3 nitrogen and oxygen atoms in total. The van der Waals surface area contributed by atoms with E-state index in [1.54, 1.807) is 0 Å². The summed E-state index contributed by atoms with van der Waals surface area (Å²) < 4.78 is 4.78. The maximum Gasteiger partial charge on any atom is 0.246 e. The highest BCUT2D eigenvalue weighted by atomic mass is 16.5. The van der Waals surface area contributed by atoms with Crippen LogP contribution in [-0.2, 0) is 9.53 Å². The molecule has 1 amide bonds. The van der Waals surface area contributed by atoms with Gasteiger partial charge in [-0.3, -0.25) is 4.79 Å². The standard InChI is InChI=1S/C14H21NO2/c1-10(2)12-5-7-13(8-6-12)11(3)15-14(16)9-17-4/h5-8,10-11H,9H2,1-4H3,(H,15,16)/t11-/m0/s1. The summed E-state index contributed by atoms with van der Waals surface area (Å²) >= 11 is 0. The van der Waals surface area contributed by atoms with Crippen LogP contribution in [0.25, 0.3) is 0 Å². The van der Waals surface area contributed by atoms with Crippen LogP contribution in [0.15, 0.2) is 24.3 Å². The van der Waals surface area contributed by atoms with E-state index in [4.69, 9.17) is 4.74 Å². The van der Waals surface area contributed by atoms with E-state index in [1.807, 2.05) is 6.92 Å². The van der Waals surface area contributed by atoms with Gasteiger partial charge in [-0.05, 0) is 24.0 Å². The lowest BCUT2D eigenvalue weighted by Crippen LogP contribution is -2.29. The predicted octanol–water partition coefficient (Wildman–Crippen LogP) is 2.63. The first-order chi connectivity index (χ1) is 8.04. The van der Waals surface area contributed by atoms with E-state index in [0.29, 0.717) is 5.92 Å². The highest BCUT2D eigenvalue weighted by Crippen LogP contribution is 2.18. The quantitative estimate of drug-likeness (QED) is 0.852. The second-order valence-corrected chi connectivity index (χ2v) is 4.54. The normalized spacial score (nSPS) is 12.5. The summed E-state index contributed by atoms with van der Waals surface area (Å²) in [5.41, 5.74) is 2.42. The summed E-state index contributed by atoms with van der Waals surface area (Å²) in [6.45, 7) is 6.41. The third kappa shape index (κ3) is 4.19. The van der Waals surface area contributed by atoms with Crippen molar-refractivity contribution in [3.63, 3.8) is 0 Å². The third-order valence-corrected chi connectivity index (χ3v) is 2.76. The molecule has 0 saturated carbocycles. The van der Waals surface area contributed by atoms with Crippen LogP contribution in [0.1, 0.15) is 43.9 Å². The molecule has 0 fully saturated rings. The summed E-state index contributed by atoms with van der Waals surface area (Å²) in [5.74, 6) is 0.440. The third-order valence-electron chi connectivity index (χ3n) is 2.76. The maximum absolute atomic E-state index is 11.4. The van der Waals surface area contributed by atoms with Gasteiger partial charge < -0.3 is 10.1 Å². The fourth-order valence-corrected chi connectivity index (χ4v) is 1.67. The van der Waals surface area contributed by atoms with E-state index in [0.717, 1.165) is 5.56 Å². The molecule has 0 radical (unpaired) electrons. The number of nitrogens with one attached hydrogen (secondary N) is 1. The van der Waals surface area contributed by atoms with Crippen molar-refractivity contribution in [1.29, 1.82) is 0 Å². The van der Waals surface area contributed by atoms with E-state index in [-0.39, 0.29) is 18.6 Å². The largest absolute Gasteiger partial charge is 0.375 e. The van der Waals surface area contributed by atoms with Crippen LogP contribution in [0.5, 0.6) is 0 Å². The van der Waals surface area contributed by atoms with E-state index in [2.05, 4.69) is 43.4 Å². The number of ether oxygens (including phenoxy) is 1. The van der Waals surface area contributed by atoms with E-state index >= 15 is 0 Å². The molecule has 1 aromatic rings. The molecule has 0 spiro atoms. The van der Waals surface area contributed by atoms with Gasteiger partial charge in [-0.25, -0.2) is 0 Å². The molecule has 0 unspecified atom stereocenters. The van der Waals surface area contributed by atoms with Gasteiger partial charge in [0.1, 0.15) is 6.61 Å². The minimum atomic E-state index is -0.0899. The van der Waals surface area contributed by atoms with Gasteiger partial charge in [-0.2, -0.15) is 0 Å². The van der Waals surface area contributed by atoms with Crippen LogP contribution < -0.4 is 5.32 Å². The molecule has 0 heterocycles. The van der Waals surface area contributed by atoms with Crippen LogP contribution >= 0.6 is 0 Å². The number of carbonyl (C=O) groups excluding carboxylic acids is 1. The van der Waals surface area contributed by atoms with Gasteiger partial charge in [0.25, 0.3) is 0 Å². The van der Waals surface area contributed by atoms with Crippen molar-refractivity contribution >= 4 is 5.91 Å². The van der Waals surface area contributed by atoms with E-state index in [1.165, 1.54) is 12.7 Å². The van der Waals surface area contributed by atoms with E-state index in [9.17, 15) is 4.79 Å². The molecule has 1 atom stereocenters. The Hall–Kier alpha value is -1.35. The van der Waals surface area contributed by atoms with Gasteiger partial charge in [0.15, 0.2) is 0 Å². The number of benzene rings is 1. The highest BCUT2D eigenvalue weighted by Gasteiger charge is 2.09. The second-order valence-electron chi connectivity index (χ2n) is 4.54. The van der Waals surface area contributed by atoms with Crippen LogP contribution in [0.2, 0.25) is 0 Å². The molecule has 1 aromatic carbocycles. The first kappa shape index (κ1) is 13.7. The minimum Gasteiger partial charge on any atom is -0.375 e. The van der Waals surface area contributed by atoms with Gasteiger partial charge in [0.05, 0.1) is 6.04 Å². The van der Waals surface area contributed by atoms with Crippen molar-refractivity contribution in [3.8, 4) is 0 Å². The number of methoxy groups -OCH3 is 1. The molecule has 0 aliphatic heterocycles. The molecule has 0 aliphatic rings. The average Bonchev–Trinajstić information content (AvgIpc) is 2.29. The Morgan fingerprint density at radius 1 is 1.18 bits per heavy atom. The minimum absolute atomic E-state index is 0.0128. The van der Waals surface area contributed by atoms with Crippen molar-refractivity contribution in [2.45, 2.75) is 32.7 Å². The zero-order valence-corrected chi connectivity index (χ0v) is 11.0. The molecule has 3 heteroatoms. The molecule has 1 N–H and O–H groups in total. The zero-order valence-electron chi connectivity index (χ0n) is 11.0. The fourth-order valence-electron chi connectivity index (χ4n) is 1.67. The van der Waals surface area contributed by atoms with Gasteiger partial charge in [-0.15, -0.1) is 0 Å². The zero-order chi connectivity index (χ0) is 12.8. The predicted molar refractivity (Wildman–Crippen MR) is 69.0 cm³/mol. The molecule has 0 aromatic heterocycles. The lowest BCUT2D eigenvalue weighted by Gasteiger charge is -2.15. The van der Waals surface area contributed by atoms with Gasteiger partial charge in [-0.1, -0.05) is 38.1 Å². The summed E-state index contributed by atoms with van der Waals surface area (Å²) in [7, 11) is 1.52. The monoisotopic (exact) mass is 235 g/mol. The second kappa shape index (κ2) is 6.40. The number of hydrogen-bond acceptors (Lipinski definition) is 2. The Morgan fingerprint density at radius 3 is 2.18 bits per heavy atom. The van der Waals surface area contributed by atoms with Crippen molar-refractivity contribution in [1.82, 2.24) is 5.32 Å². The Morgan fingerprint density at radius 2 is 1.71 bits per heavy atom. The van der Waals surface area contributed by atoms with Gasteiger partial charge in [0.2, 0.25) is 5.91 Å². The summed E-state index contributed by atoms with van der Waals surface area (Å²) in [6, 6.07) is 8.36. The summed E-state index contributed by atoms with van der Waals surface area (Å²) in [4.78, 5) is 11.4. The average molecular weight is 235 g/mol. The van der Waals surface area contributed by atoms with Crippen molar-refractivity contribution in [2.75, 3.05) is 13.7 Å². The Balaban J connectivity index is 2.63. The van der Waals surface area contributed by atoms with Crippen LogP contribution in [-0.4, -0.2) is 19.6 Å². The SMILES string of the molecule is COCC(=O)N[C@@H](C)c1ccc(C(C)C)cc1. The van der Waals surface area contributed by atoms with Crippen molar-refractivity contribution in [3.05, 3.63) is 35.4 Å². The number of carbonyl (C=O) groups is 1. The van der Waals surface area contributed by atoms with Gasteiger partial charge in [0, 0.05) is 7.11 Å². The summed E-state index contributed by atoms with van der Waals surface area (Å²) in [5, 5.41) is 2.88. The lowest BCUT2D eigenvalue weighted by atomic mass is 9.99. The molecular weight excluding hydrogens is 214 g/mol. The molecule has 94 valence electrons. The molecule has 1 rings (SSSR count). The highest BCUT2D eigenvalue weighted by molar-refractivity contribution is 5.77. The Bertz CT molecular complexity index is 357. The van der Waals surface area contributed by atoms with Crippen LogP contribution in [0, 0.1) is 0 Å². The van der Waals surface area contributed by atoms with Crippen molar-refractivity contribution in [2.24, 2.45) is 0 Å². The number of amides is 1. The smallest absolute Gasteiger partial charge is 0.246 e. The Labute approximate surface area is 103 Å². The van der Waals surface area contributed by atoms with Crippen LogP contribution in [0.3, 0.4) is 0 Å². The molecular formula is C14H21NO2. The molecule has 17 heavy (non-hydrogen) atoms. The molecule has 0 bridgehead atoms. The topological polar surface area (TPSA) is 38.3 Å². The first-order valence-corrected chi connectivity index (χ1v) is 5.92. The van der Waals surface area contributed by atoms with Crippen molar-refractivity contribution < 1.29 is 9.53 Å². The number of rotatable bonds is 5. The van der Waals surface area contributed by atoms with Gasteiger partial charge >= 0.3 is 0 Å². The molecule has 0 aliphatic carbocycles. The van der Waals surface area contributed by atoms with E-state index < -0.39 is 0 Å². The lowest BCUT2D eigenvalue weighted by molar-refractivity contribution is -0.125. The first-order valence-electron chi connectivity index (χ1n) is 5.92. The summed E-state index contributed by atoms with van der Waals surface area (Å²) in [6.07, 6.45) is 0. The van der Waals surface area contributed by atoms with Crippen LogP contribution in [0.4, 0.5) is 0 Å². The molecule has 0 saturated heterocycles. The number of hydrogen-bond donors (Lipinski definition) is 1. The maximum atomic E-state index is 11.4. The fraction of sp³-hybridized carbons (Fsp3) is 0.500.